The molecular formula is C15H19ClF3N3O2. The van der Waals surface area contributed by atoms with Crippen molar-refractivity contribution in [2.75, 3.05) is 19.7 Å². The van der Waals surface area contributed by atoms with Gasteiger partial charge in [-0.15, -0.1) is 12.4 Å². The molecular weight excluding hydrogens is 347 g/mol. The summed E-state index contributed by atoms with van der Waals surface area (Å²) in [6, 6.07) is 3.56. The number of carbonyl (C=O) groups is 1. The highest BCUT2D eigenvalue weighted by Gasteiger charge is 2.32. The number of pyridine rings is 1. The van der Waals surface area contributed by atoms with Crippen molar-refractivity contribution in [1.82, 2.24) is 15.2 Å². The summed E-state index contributed by atoms with van der Waals surface area (Å²) in [6.45, 7) is -0.0604. The van der Waals surface area contributed by atoms with E-state index in [1.165, 1.54) is 18.3 Å². The monoisotopic (exact) mass is 365 g/mol. The smallest absolute Gasteiger partial charge is 0.422 e. The van der Waals surface area contributed by atoms with Crippen LogP contribution in [-0.4, -0.2) is 53.7 Å². The number of carbonyl (C=O) groups excluding carboxylic acids is 1. The Hall–Kier alpha value is -1.54. The third-order valence-corrected chi connectivity index (χ3v) is 4.18. The first-order valence-corrected chi connectivity index (χ1v) is 7.61. The Labute approximate surface area is 144 Å². The van der Waals surface area contributed by atoms with E-state index in [4.69, 9.17) is 0 Å². The Morgan fingerprint density at radius 3 is 2.71 bits per heavy atom. The van der Waals surface area contributed by atoms with Gasteiger partial charge in [0, 0.05) is 37.4 Å². The second kappa shape index (κ2) is 7.57. The van der Waals surface area contributed by atoms with E-state index in [9.17, 15) is 18.0 Å². The van der Waals surface area contributed by atoms with Gasteiger partial charge in [0.15, 0.2) is 6.61 Å². The Balaban J connectivity index is 0.00000208. The van der Waals surface area contributed by atoms with E-state index in [2.05, 4.69) is 15.0 Å². The second-order valence-corrected chi connectivity index (χ2v) is 5.97. The number of halogens is 4. The number of fused-ring (bicyclic) bond motifs is 2. The molecule has 2 fully saturated rings. The van der Waals surface area contributed by atoms with E-state index in [-0.39, 0.29) is 24.2 Å². The number of amides is 1. The van der Waals surface area contributed by atoms with Crippen molar-refractivity contribution < 1.29 is 22.7 Å². The average molecular weight is 366 g/mol. The van der Waals surface area contributed by atoms with Crippen molar-refractivity contribution in [3.63, 3.8) is 0 Å². The third kappa shape index (κ3) is 4.73. The van der Waals surface area contributed by atoms with Crippen LogP contribution in [0.5, 0.6) is 5.88 Å². The van der Waals surface area contributed by atoms with Crippen molar-refractivity contribution in [3.8, 4) is 5.88 Å². The van der Waals surface area contributed by atoms with Crippen molar-refractivity contribution in [2.24, 2.45) is 0 Å². The quantitative estimate of drug-likeness (QED) is 0.893. The second-order valence-electron chi connectivity index (χ2n) is 5.97. The van der Waals surface area contributed by atoms with E-state index in [1.807, 2.05) is 0 Å². The largest absolute Gasteiger partial charge is 0.468 e. The van der Waals surface area contributed by atoms with Gasteiger partial charge in [-0.2, -0.15) is 13.2 Å². The van der Waals surface area contributed by atoms with Crippen LogP contribution in [0, 0.1) is 0 Å². The molecule has 0 saturated carbocycles. The van der Waals surface area contributed by atoms with Crippen molar-refractivity contribution in [3.05, 3.63) is 23.9 Å². The first-order valence-electron chi connectivity index (χ1n) is 7.61. The third-order valence-electron chi connectivity index (χ3n) is 4.18. The van der Waals surface area contributed by atoms with Gasteiger partial charge in [-0.3, -0.25) is 4.79 Å². The SMILES string of the molecule is Cl.O=C(c1ccc(OCC(F)(F)F)nc1)N1CCC2CCC(C1)N2. The number of aromatic nitrogens is 1. The number of hydrogen-bond acceptors (Lipinski definition) is 4. The number of ether oxygens (including phenoxy) is 1. The summed E-state index contributed by atoms with van der Waals surface area (Å²) in [5.41, 5.74) is 0.363. The molecule has 2 atom stereocenters. The van der Waals surface area contributed by atoms with Gasteiger partial charge in [-0.05, 0) is 25.3 Å². The standard InChI is InChI=1S/C15H18F3N3O2.ClH/c16-15(17,18)9-23-13-4-1-10(7-19-13)14(22)21-6-5-11-2-3-12(8-21)20-11;/h1,4,7,11-12,20H,2-3,5-6,8-9H2;1H. The summed E-state index contributed by atoms with van der Waals surface area (Å²) in [5, 5.41) is 3.49. The molecule has 0 radical (unpaired) electrons. The lowest BCUT2D eigenvalue weighted by atomic mass is 10.1. The lowest BCUT2D eigenvalue weighted by Gasteiger charge is -2.24. The van der Waals surface area contributed by atoms with Gasteiger partial charge in [-0.25, -0.2) is 4.98 Å². The fraction of sp³-hybridized carbons (Fsp3) is 0.600. The van der Waals surface area contributed by atoms with Gasteiger partial charge in [0.25, 0.3) is 5.91 Å². The van der Waals surface area contributed by atoms with Gasteiger partial charge in [0.05, 0.1) is 5.56 Å². The molecule has 2 bridgehead atoms. The molecule has 0 aromatic carbocycles. The summed E-state index contributed by atoms with van der Waals surface area (Å²) < 4.78 is 40.8. The van der Waals surface area contributed by atoms with Crippen LogP contribution in [0.15, 0.2) is 18.3 Å². The van der Waals surface area contributed by atoms with Gasteiger partial charge in [0.2, 0.25) is 5.88 Å². The molecule has 134 valence electrons. The van der Waals surface area contributed by atoms with Crippen molar-refractivity contribution >= 4 is 18.3 Å². The molecule has 0 spiro atoms. The zero-order valence-corrected chi connectivity index (χ0v) is 13.7. The maximum absolute atomic E-state index is 12.5. The van der Waals surface area contributed by atoms with Gasteiger partial charge < -0.3 is 15.0 Å². The Morgan fingerprint density at radius 2 is 2.04 bits per heavy atom. The predicted molar refractivity (Wildman–Crippen MR) is 83.5 cm³/mol. The minimum atomic E-state index is -4.41. The summed E-state index contributed by atoms with van der Waals surface area (Å²) in [4.78, 5) is 18.1. The maximum atomic E-state index is 12.5. The molecule has 2 aliphatic rings. The average Bonchev–Trinajstić information content (AvgIpc) is 2.83. The molecule has 24 heavy (non-hydrogen) atoms. The van der Waals surface area contributed by atoms with Gasteiger partial charge in [0.1, 0.15) is 0 Å². The molecule has 1 N–H and O–H groups in total. The summed E-state index contributed by atoms with van der Waals surface area (Å²) in [6.07, 6.45) is -0.00197. The number of nitrogens with one attached hydrogen (secondary N) is 1. The van der Waals surface area contributed by atoms with E-state index in [0.717, 1.165) is 19.3 Å². The highest BCUT2D eigenvalue weighted by Crippen LogP contribution is 2.22. The zero-order chi connectivity index (χ0) is 16.4. The number of nitrogens with zero attached hydrogens (tertiary/aromatic N) is 2. The van der Waals surface area contributed by atoms with Crippen LogP contribution in [0.4, 0.5) is 13.2 Å². The first-order chi connectivity index (χ1) is 10.9. The predicted octanol–water partition coefficient (Wildman–Crippen LogP) is 2.41. The summed E-state index contributed by atoms with van der Waals surface area (Å²) in [7, 11) is 0. The van der Waals surface area contributed by atoms with Crippen LogP contribution in [-0.2, 0) is 0 Å². The van der Waals surface area contributed by atoms with Crippen LogP contribution >= 0.6 is 12.4 Å². The van der Waals surface area contributed by atoms with Crippen molar-refractivity contribution in [2.45, 2.75) is 37.5 Å². The van der Waals surface area contributed by atoms with E-state index >= 15 is 0 Å². The van der Waals surface area contributed by atoms with E-state index in [0.29, 0.717) is 30.7 Å². The Morgan fingerprint density at radius 1 is 1.29 bits per heavy atom. The molecule has 3 heterocycles. The van der Waals surface area contributed by atoms with E-state index < -0.39 is 12.8 Å². The molecule has 1 aromatic heterocycles. The Kier molecular flexibility index (Phi) is 5.92. The zero-order valence-electron chi connectivity index (χ0n) is 12.9. The summed E-state index contributed by atoms with van der Waals surface area (Å²) in [5.74, 6) is -0.287. The molecule has 1 aromatic rings. The molecule has 5 nitrogen and oxygen atoms in total. The first kappa shape index (κ1) is 18.8. The van der Waals surface area contributed by atoms with Gasteiger partial charge >= 0.3 is 6.18 Å². The molecule has 2 unspecified atom stereocenters. The topological polar surface area (TPSA) is 54.5 Å². The number of hydrogen-bond donors (Lipinski definition) is 1. The highest BCUT2D eigenvalue weighted by molar-refractivity contribution is 5.94. The molecule has 0 aliphatic carbocycles. The lowest BCUT2D eigenvalue weighted by Crippen LogP contribution is -2.39. The minimum Gasteiger partial charge on any atom is -0.468 e. The lowest BCUT2D eigenvalue weighted by molar-refractivity contribution is -0.154. The maximum Gasteiger partial charge on any atom is 0.422 e. The molecule has 2 saturated heterocycles. The highest BCUT2D eigenvalue weighted by atomic mass is 35.5. The summed E-state index contributed by atoms with van der Waals surface area (Å²) >= 11 is 0. The van der Waals surface area contributed by atoms with Crippen LogP contribution < -0.4 is 10.1 Å². The van der Waals surface area contributed by atoms with Crippen LogP contribution in [0.1, 0.15) is 29.6 Å². The molecule has 9 heteroatoms. The minimum absolute atomic E-state index is 0. The Bertz CT molecular complexity index is 568. The number of rotatable bonds is 3. The number of likely N-dealkylation sites (tertiary alicyclic amines) is 1. The van der Waals surface area contributed by atoms with Crippen LogP contribution in [0.3, 0.4) is 0 Å². The fourth-order valence-electron chi connectivity index (χ4n) is 3.06. The fourth-order valence-corrected chi connectivity index (χ4v) is 3.06. The molecule has 2 aliphatic heterocycles. The van der Waals surface area contributed by atoms with E-state index in [1.54, 1.807) is 4.90 Å². The van der Waals surface area contributed by atoms with Crippen LogP contribution in [0.25, 0.3) is 0 Å². The molecule has 1 amide bonds. The van der Waals surface area contributed by atoms with Gasteiger partial charge in [-0.1, -0.05) is 0 Å². The normalized spacial score (nSPS) is 23.4. The molecule has 3 rings (SSSR count). The van der Waals surface area contributed by atoms with Crippen LogP contribution in [0.2, 0.25) is 0 Å². The number of alkyl halides is 3. The van der Waals surface area contributed by atoms with Crippen molar-refractivity contribution in [1.29, 1.82) is 0 Å².